The maximum atomic E-state index is 14.3. The lowest BCUT2D eigenvalue weighted by Crippen LogP contribution is -2.61. The van der Waals surface area contributed by atoms with Crippen LogP contribution >= 0.6 is 0 Å². The molecule has 2 bridgehead atoms. The van der Waals surface area contributed by atoms with Gasteiger partial charge in [0.1, 0.15) is 53.8 Å². The summed E-state index contributed by atoms with van der Waals surface area (Å²) in [6, 6.07) is -2.77. The Hall–Kier alpha value is -9.01. The summed E-state index contributed by atoms with van der Waals surface area (Å²) in [5, 5.41) is 45.8. The number of carbonyl (C=O) groups is 13. The van der Waals surface area contributed by atoms with Crippen molar-refractivity contribution in [2.45, 2.75) is 173 Å². The van der Waals surface area contributed by atoms with Gasteiger partial charge in [-0.15, -0.1) is 0 Å². The van der Waals surface area contributed by atoms with Gasteiger partial charge in [0.2, 0.25) is 53.2 Å². The summed E-state index contributed by atoms with van der Waals surface area (Å²) in [6.07, 6.45) is 0.284. The fraction of sp³-hybridized carbons (Fsp3) is 0.583. The molecule has 92 heavy (non-hydrogen) atoms. The normalized spacial score (nSPS) is 23.9. The van der Waals surface area contributed by atoms with Gasteiger partial charge in [-0.05, 0) is 118 Å². The van der Waals surface area contributed by atoms with E-state index < -0.39 is 162 Å². The fourth-order valence-corrected chi connectivity index (χ4v) is 9.34. The van der Waals surface area contributed by atoms with E-state index in [0.717, 1.165) is 6.07 Å². The number of amides is 13. The van der Waals surface area contributed by atoms with E-state index >= 15 is 0 Å². The second-order valence-corrected chi connectivity index (χ2v) is 23.2. The zero-order valence-corrected chi connectivity index (χ0v) is 53.2. The minimum atomic E-state index is -1.70. The van der Waals surface area contributed by atoms with Crippen LogP contribution in [0.4, 0.5) is 5.69 Å². The smallest absolute Gasteiger partial charge is 0.313 e. The Balaban J connectivity index is 2.01. The van der Waals surface area contributed by atoms with Crippen LogP contribution in [0, 0.1) is 17.8 Å². The van der Waals surface area contributed by atoms with Gasteiger partial charge < -0.3 is 91.1 Å². The molecule has 13 amide bonds. The van der Waals surface area contributed by atoms with Crippen LogP contribution in [-0.2, 0) is 64.0 Å². The van der Waals surface area contributed by atoms with Crippen molar-refractivity contribution in [3.8, 4) is 11.5 Å². The zero-order chi connectivity index (χ0) is 68.8. The molecule has 0 spiro atoms. The lowest BCUT2D eigenvalue weighted by Gasteiger charge is -2.30. The maximum Gasteiger partial charge on any atom is 0.313 e. The first kappa shape index (κ1) is 77.2. The molecule has 0 saturated heterocycles. The fourth-order valence-electron chi connectivity index (χ4n) is 9.34. The van der Waals surface area contributed by atoms with Crippen LogP contribution in [0.5, 0.6) is 11.5 Å². The molecule has 0 saturated carbocycles. The van der Waals surface area contributed by atoms with Crippen LogP contribution in [0.25, 0.3) is 0 Å². The standard InChI is InChI=1S/C60H94N16O16/c1-8-33(6)48-58(89)73-47(32(4)5)57(88)71-43(28-34-16-19-36(78)20-17-34)53(84)66-26-12-14-39(63)51(82)76-75-49(80)37-29-35(18-22-45(37)92-7)67-59(90)60(91)69-40(15-9-10-24-61)54(85)70-42(27-31(2)3)52(83)65-25-11-13-38(62)50(81)72-44(30-77)56(87)68-41(55(86)74-48)21-23-46(64)79/h16-20,22,29,31-33,38-44,47-48,77-78H,8-15,21,23-28,30,61-63H2,1-7H3,(H2,64,79)(H,65,83)(H,66,84)(H,67,90)(H,68,87)(H,69,91)(H,70,85)(H,71,88)(H,72,81)(H,73,89)(H,74,86)(H,75,80)(H,76,82)/t33-,38-,39-,40-,41-,42-,43-,44-,47-,48-/m0/s1. The molecule has 3 rings (SSSR count). The summed E-state index contributed by atoms with van der Waals surface area (Å²) in [5.74, 6) is -13.4. The molecule has 2 aromatic rings. The molecule has 0 aromatic heterocycles. The van der Waals surface area contributed by atoms with Crippen molar-refractivity contribution in [3.63, 3.8) is 0 Å². The highest BCUT2D eigenvalue weighted by molar-refractivity contribution is 6.40. The van der Waals surface area contributed by atoms with Crippen molar-refractivity contribution in [2.24, 2.45) is 40.7 Å². The van der Waals surface area contributed by atoms with E-state index in [2.05, 4.69) is 64.0 Å². The molecule has 0 aliphatic carbocycles. The number of unbranched alkanes of at least 4 members (excludes halogenated alkanes) is 1. The van der Waals surface area contributed by atoms with Crippen molar-refractivity contribution in [2.75, 3.05) is 38.7 Å². The number of ether oxygens (including phenoxy) is 1. The van der Waals surface area contributed by atoms with E-state index in [1.54, 1.807) is 41.5 Å². The van der Waals surface area contributed by atoms with E-state index in [-0.39, 0.29) is 93.2 Å². The number of phenols is 1. The third kappa shape index (κ3) is 26.1. The SMILES string of the molecule is CC[C@H](C)[C@@H]1NC(=O)[C@H](CCC(N)=O)NC(=O)[C@H](CO)NC(=O)[C@@H](N)CCCNC(=O)[C@H](CC(C)C)NC(=O)[C@H](CCCCN)NC(=O)C(=O)Nc2ccc(OC)c(c2)C(=O)NNC(=O)[C@@H](N)CCCNC(=O)[C@H](Cc2ccc(O)cc2)NC(=O)[C@H](C(C)C)NC1=O. The molecule has 32 nitrogen and oxygen atoms in total. The van der Waals surface area contributed by atoms with Gasteiger partial charge >= 0.3 is 11.8 Å². The Kier molecular flexibility index (Phi) is 33.0. The number of benzene rings is 2. The Bertz CT molecular complexity index is 2880. The third-order valence-corrected chi connectivity index (χ3v) is 14.9. The lowest BCUT2D eigenvalue weighted by molar-refractivity contribution is -0.138. The van der Waals surface area contributed by atoms with Crippen LogP contribution in [0.15, 0.2) is 42.5 Å². The average molecular weight is 1300 g/mol. The molecule has 0 fully saturated rings. The number of aliphatic hydroxyl groups excluding tert-OH is 1. The highest BCUT2D eigenvalue weighted by atomic mass is 16.5. The lowest BCUT2D eigenvalue weighted by atomic mass is 9.95. The summed E-state index contributed by atoms with van der Waals surface area (Å²) in [4.78, 5) is 177. The van der Waals surface area contributed by atoms with Gasteiger partial charge in [0, 0.05) is 31.6 Å². The van der Waals surface area contributed by atoms with Crippen LogP contribution in [0.1, 0.15) is 128 Å². The first-order valence-corrected chi connectivity index (χ1v) is 30.7. The van der Waals surface area contributed by atoms with Crippen molar-refractivity contribution >= 4 is 82.5 Å². The zero-order valence-electron chi connectivity index (χ0n) is 53.2. The van der Waals surface area contributed by atoms with Crippen molar-refractivity contribution in [3.05, 3.63) is 53.6 Å². The summed E-state index contributed by atoms with van der Waals surface area (Å²) in [6.45, 7) is 9.30. The number of aliphatic hydroxyl groups is 1. The highest BCUT2D eigenvalue weighted by Gasteiger charge is 2.37. The van der Waals surface area contributed by atoms with Crippen molar-refractivity contribution in [1.29, 1.82) is 0 Å². The number of anilines is 1. The van der Waals surface area contributed by atoms with E-state index in [1.807, 2.05) is 0 Å². The number of rotatable bonds is 16. The molecule has 510 valence electrons. The number of hydrogen-bond acceptors (Lipinski definition) is 19. The van der Waals surface area contributed by atoms with Crippen molar-refractivity contribution < 1.29 is 77.3 Å². The van der Waals surface area contributed by atoms with Gasteiger partial charge in [-0.2, -0.15) is 0 Å². The molecular formula is C60H94N16O16. The molecule has 1 aliphatic rings. The van der Waals surface area contributed by atoms with Gasteiger partial charge in [0.25, 0.3) is 11.8 Å². The van der Waals surface area contributed by atoms with E-state index in [0.29, 0.717) is 24.8 Å². The number of phenolic OH excluding ortho intramolecular Hbond substituents is 1. The first-order valence-electron chi connectivity index (χ1n) is 30.7. The number of primary amides is 1. The van der Waals surface area contributed by atoms with Gasteiger partial charge in [-0.25, -0.2) is 0 Å². The molecule has 0 radical (unpaired) electrons. The van der Waals surface area contributed by atoms with Crippen LogP contribution in [0.2, 0.25) is 0 Å². The Morgan fingerprint density at radius 3 is 1.72 bits per heavy atom. The number of fused-ring (bicyclic) bond motifs is 2. The molecule has 32 heteroatoms. The summed E-state index contributed by atoms with van der Waals surface area (Å²) in [5.41, 5.74) is 28.1. The number of nitrogens with one attached hydrogen (secondary N) is 12. The summed E-state index contributed by atoms with van der Waals surface area (Å²) in [7, 11) is 1.25. The Morgan fingerprint density at radius 1 is 0.598 bits per heavy atom. The maximum absolute atomic E-state index is 14.3. The minimum absolute atomic E-state index is 0.00301. The first-order chi connectivity index (χ1) is 43.5. The highest BCUT2D eigenvalue weighted by Crippen LogP contribution is 2.23. The molecule has 1 aliphatic heterocycles. The summed E-state index contributed by atoms with van der Waals surface area (Å²) < 4.78 is 5.32. The number of carbonyl (C=O) groups excluding carboxylic acids is 13. The molecule has 1 heterocycles. The van der Waals surface area contributed by atoms with Gasteiger partial charge in [-0.1, -0.05) is 60.1 Å². The number of nitrogens with two attached hydrogens (primary N) is 4. The quantitative estimate of drug-likeness (QED) is 0.0569. The third-order valence-electron chi connectivity index (χ3n) is 14.9. The van der Waals surface area contributed by atoms with E-state index in [9.17, 15) is 72.5 Å². The molecule has 10 atom stereocenters. The minimum Gasteiger partial charge on any atom is -0.508 e. The summed E-state index contributed by atoms with van der Waals surface area (Å²) >= 11 is 0. The number of aromatic hydroxyl groups is 1. The Labute approximate surface area is 534 Å². The van der Waals surface area contributed by atoms with Gasteiger partial charge in [0.15, 0.2) is 0 Å². The monoisotopic (exact) mass is 1290 g/mol. The van der Waals surface area contributed by atoms with Gasteiger partial charge in [0.05, 0.1) is 31.4 Å². The molecule has 2 aromatic carbocycles. The predicted molar refractivity (Wildman–Crippen MR) is 335 cm³/mol. The Morgan fingerprint density at radius 2 is 1.14 bits per heavy atom. The number of methoxy groups -OCH3 is 1. The molecular weight excluding hydrogens is 1200 g/mol. The van der Waals surface area contributed by atoms with E-state index in [1.165, 1.54) is 43.5 Å². The average Bonchev–Trinajstić information content (AvgIpc) is 1.19. The van der Waals surface area contributed by atoms with E-state index in [4.69, 9.17) is 27.7 Å². The second-order valence-electron chi connectivity index (χ2n) is 23.2. The predicted octanol–water partition coefficient (Wildman–Crippen LogP) is -3.67. The van der Waals surface area contributed by atoms with Crippen molar-refractivity contribution in [1.82, 2.24) is 58.7 Å². The topological polar surface area (TPSA) is 520 Å². The molecule has 22 N–H and O–H groups in total. The van der Waals surface area contributed by atoms with Crippen LogP contribution in [-0.4, -0.2) is 175 Å². The van der Waals surface area contributed by atoms with Crippen LogP contribution < -0.4 is 91.7 Å². The molecule has 0 unspecified atom stereocenters. The van der Waals surface area contributed by atoms with Crippen LogP contribution in [0.3, 0.4) is 0 Å². The number of hydrazine groups is 1. The number of hydrogen-bond donors (Lipinski definition) is 18. The van der Waals surface area contributed by atoms with Gasteiger partial charge in [-0.3, -0.25) is 73.2 Å². The second kappa shape index (κ2) is 39.3. The largest absolute Gasteiger partial charge is 0.508 e.